The van der Waals surface area contributed by atoms with E-state index in [1.807, 2.05) is 32.2 Å². The maximum atomic E-state index is 5.63. The van der Waals surface area contributed by atoms with E-state index in [-0.39, 0.29) is 0 Å². The molecule has 0 aliphatic rings. The average Bonchev–Trinajstić information content (AvgIpc) is 2.59. The lowest BCUT2D eigenvalue weighted by atomic mass is 10.3. The third-order valence-electron chi connectivity index (χ3n) is 2.20. The molecule has 1 heterocycles. The molecule has 4 nitrogen and oxygen atoms in total. The van der Waals surface area contributed by atoms with E-state index in [1.54, 1.807) is 0 Å². The van der Waals surface area contributed by atoms with Gasteiger partial charge in [0.1, 0.15) is 23.7 Å². The van der Waals surface area contributed by atoms with Crippen LogP contribution < -0.4 is 10.1 Å². The Kier molecular flexibility index (Phi) is 2.87. The summed E-state index contributed by atoms with van der Waals surface area (Å²) in [6.07, 6.45) is 0. The fourth-order valence-electron chi connectivity index (χ4n) is 1.51. The maximum absolute atomic E-state index is 5.63. The molecule has 80 valence electrons. The van der Waals surface area contributed by atoms with Crippen molar-refractivity contribution in [3.8, 4) is 5.75 Å². The van der Waals surface area contributed by atoms with E-state index in [0.29, 0.717) is 6.61 Å². The van der Waals surface area contributed by atoms with Crippen LogP contribution in [0.15, 0.2) is 18.2 Å². The van der Waals surface area contributed by atoms with Gasteiger partial charge >= 0.3 is 0 Å². The zero-order valence-electron chi connectivity index (χ0n) is 9.00. The van der Waals surface area contributed by atoms with Crippen LogP contribution in [0.3, 0.4) is 0 Å². The van der Waals surface area contributed by atoms with E-state index in [1.165, 1.54) is 0 Å². The number of fused-ring (bicyclic) bond motifs is 1. The summed E-state index contributed by atoms with van der Waals surface area (Å²) < 4.78 is 5.63. The van der Waals surface area contributed by atoms with Crippen molar-refractivity contribution in [1.82, 2.24) is 15.3 Å². The van der Waals surface area contributed by atoms with Crippen LogP contribution >= 0.6 is 0 Å². The highest BCUT2D eigenvalue weighted by Crippen LogP contribution is 2.22. The Hall–Kier alpha value is -1.55. The number of aromatic amines is 1. The third-order valence-corrected chi connectivity index (χ3v) is 2.20. The lowest BCUT2D eigenvalue weighted by molar-refractivity contribution is 0.321. The number of likely N-dealkylation sites (N-methyl/N-ethyl adjacent to an activating group) is 1. The quantitative estimate of drug-likeness (QED) is 0.743. The van der Waals surface area contributed by atoms with Crippen molar-refractivity contribution in [3.05, 3.63) is 24.0 Å². The van der Waals surface area contributed by atoms with Crippen molar-refractivity contribution in [2.45, 2.75) is 6.92 Å². The smallest absolute Gasteiger partial charge is 0.147 e. The molecule has 0 radical (unpaired) electrons. The van der Waals surface area contributed by atoms with Crippen LogP contribution in [0.1, 0.15) is 5.82 Å². The predicted octanol–water partition coefficient (Wildman–Crippen LogP) is 1.47. The minimum absolute atomic E-state index is 0.654. The van der Waals surface area contributed by atoms with E-state index < -0.39 is 0 Å². The van der Waals surface area contributed by atoms with Crippen LogP contribution in [0.4, 0.5) is 0 Å². The summed E-state index contributed by atoms with van der Waals surface area (Å²) in [5.41, 5.74) is 1.93. The molecular weight excluding hydrogens is 190 g/mol. The Morgan fingerprint density at radius 2 is 2.33 bits per heavy atom. The van der Waals surface area contributed by atoms with Crippen LogP contribution in [0, 0.1) is 6.92 Å². The number of hydrogen-bond acceptors (Lipinski definition) is 3. The number of ether oxygens (including phenoxy) is 1. The van der Waals surface area contributed by atoms with Crippen LogP contribution in [-0.2, 0) is 0 Å². The van der Waals surface area contributed by atoms with E-state index in [9.17, 15) is 0 Å². The highest BCUT2D eigenvalue weighted by atomic mass is 16.5. The summed E-state index contributed by atoms with van der Waals surface area (Å²) >= 11 is 0. The summed E-state index contributed by atoms with van der Waals surface area (Å²) in [5, 5.41) is 3.04. The number of H-pyrrole nitrogens is 1. The Morgan fingerprint density at radius 3 is 3.13 bits per heavy atom. The summed E-state index contributed by atoms with van der Waals surface area (Å²) in [5.74, 6) is 1.75. The maximum Gasteiger partial charge on any atom is 0.147 e. The van der Waals surface area contributed by atoms with Gasteiger partial charge in [0.05, 0.1) is 5.52 Å². The first-order valence-electron chi connectivity index (χ1n) is 5.04. The normalized spacial score (nSPS) is 10.8. The van der Waals surface area contributed by atoms with Crippen LogP contribution in [0.25, 0.3) is 11.0 Å². The molecule has 0 spiro atoms. The summed E-state index contributed by atoms with van der Waals surface area (Å²) in [4.78, 5) is 7.57. The Labute approximate surface area is 88.7 Å². The number of nitrogens with one attached hydrogen (secondary N) is 2. The molecule has 1 aromatic heterocycles. The summed E-state index contributed by atoms with van der Waals surface area (Å²) in [6.45, 7) is 3.43. The first kappa shape index (κ1) is 9.98. The van der Waals surface area contributed by atoms with Crippen LogP contribution in [-0.4, -0.2) is 30.2 Å². The number of aryl methyl sites for hydroxylation is 1. The van der Waals surface area contributed by atoms with Crippen molar-refractivity contribution in [3.63, 3.8) is 0 Å². The second-order valence-corrected chi connectivity index (χ2v) is 3.43. The number of para-hydroxylation sites is 1. The van der Waals surface area contributed by atoms with Gasteiger partial charge in [-0.15, -0.1) is 0 Å². The molecule has 2 rings (SSSR count). The van der Waals surface area contributed by atoms with Crippen molar-refractivity contribution in [1.29, 1.82) is 0 Å². The highest BCUT2D eigenvalue weighted by molar-refractivity contribution is 5.81. The standard InChI is InChI=1S/C11H15N3O/c1-8-13-9-4-3-5-10(11(9)14-8)15-7-6-12-2/h3-5,12H,6-7H2,1-2H3,(H,13,14). The zero-order valence-corrected chi connectivity index (χ0v) is 9.00. The van der Waals surface area contributed by atoms with E-state index >= 15 is 0 Å². The zero-order chi connectivity index (χ0) is 10.7. The molecule has 0 saturated heterocycles. The Balaban J connectivity index is 2.25. The summed E-state index contributed by atoms with van der Waals surface area (Å²) in [6, 6.07) is 5.91. The van der Waals surface area contributed by atoms with Crippen LogP contribution in [0.2, 0.25) is 0 Å². The number of imidazole rings is 1. The van der Waals surface area contributed by atoms with Gasteiger partial charge in [-0.1, -0.05) is 6.07 Å². The van der Waals surface area contributed by atoms with Crippen molar-refractivity contribution in [2.24, 2.45) is 0 Å². The number of rotatable bonds is 4. The number of nitrogens with zero attached hydrogens (tertiary/aromatic N) is 1. The lowest BCUT2D eigenvalue weighted by Crippen LogP contribution is -2.16. The lowest BCUT2D eigenvalue weighted by Gasteiger charge is -2.05. The fourth-order valence-corrected chi connectivity index (χ4v) is 1.51. The molecule has 0 unspecified atom stereocenters. The van der Waals surface area contributed by atoms with E-state index in [0.717, 1.165) is 29.2 Å². The Bertz CT molecular complexity index is 450. The molecule has 15 heavy (non-hydrogen) atoms. The molecule has 0 saturated carbocycles. The van der Waals surface area contributed by atoms with Crippen molar-refractivity contribution < 1.29 is 4.74 Å². The largest absolute Gasteiger partial charge is 0.490 e. The van der Waals surface area contributed by atoms with Crippen molar-refractivity contribution >= 4 is 11.0 Å². The van der Waals surface area contributed by atoms with Gasteiger partial charge in [-0.25, -0.2) is 4.98 Å². The molecule has 0 aliphatic heterocycles. The molecule has 1 aromatic carbocycles. The first-order chi connectivity index (χ1) is 7.31. The van der Waals surface area contributed by atoms with Gasteiger partial charge in [-0.2, -0.15) is 0 Å². The van der Waals surface area contributed by atoms with Crippen LogP contribution in [0.5, 0.6) is 5.75 Å². The Morgan fingerprint density at radius 1 is 1.47 bits per heavy atom. The monoisotopic (exact) mass is 205 g/mol. The molecule has 0 amide bonds. The average molecular weight is 205 g/mol. The first-order valence-corrected chi connectivity index (χ1v) is 5.04. The fraction of sp³-hybridized carbons (Fsp3) is 0.364. The second-order valence-electron chi connectivity index (χ2n) is 3.43. The molecule has 0 atom stereocenters. The SMILES string of the molecule is CNCCOc1cccc2[nH]c(C)nc12. The minimum Gasteiger partial charge on any atom is -0.490 e. The summed E-state index contributed by atoms with van der Waals surface area (Å²) in [7, 11) is 1.91. The van der Waals surface area contributed by atoms with Crippen molar-refractivity contribution in [2.75, 3.05) is 20.2 Å². The van der Waals surface area contributed by atoms with Gasteiger partial charge in [0.2, 0.25) is 0 Å². The molecule has 2 aromatic rings. The van der Waals surface area contributed by atoms with E-state index in [2.05, 4.69) is 15.3 Å². The molecule has 0 bridgehead atoms. The van der Waals surface area contributed by atoms with E-state index in [4.69, 9.17) is 4.74 Å². The highest BCUT2D eigenvalue weighted by Gasteiger charge is 2.05. The topological polar surface area (TPSA) is 49.9 Å². The number of hydrogen-bond donors (Lipinski definition) is 2. The van der Waals surface area contributed by atoms with Gasteiger partial charge in [-0.3, -0.25) is 0 Å². The second kappa shape index (κ2) is 4.31. The number of aromatic nitrogens is 2. The van der Waals surface area contributed by atoms with Gasteiger partial charge < -0.3 is 15.0 Å². The van der Waals surface area contributed by atoms with Gasteiger partial charge in [0, 0.05) is 6.54 Å². The van der Waals surface area contributed by atoms with Gasteiger partial charge in [-0.05, 0) is 26.1 Å². The minimum atomic E-state index is 0.654. The molecule has 4 heteroatoms. The number of benzene rings is 1. The predicted molar refractivity (Wildman–Crippen MR) is 60.3 cm³/mol. The third kappa shape index (κ3) is 2.10. The molecule has 0 fully saturated rings. The molecular formula is C11H15N3O. The molecule has 0 aliphatic carbocycles. The molecule has 2 N–H and O–H groups in total. The van der Waals surface area contributed by atoms with Gasteiger partial charge in [0.25, 0.3) is 0 Å². The van der Waals surface area contributed by atoms with Gasteiger partial charge in [0.15, 0.2) is 0 Å².